The second kappa shape index (κ2) is 8.99. The Morgan fingerprint density at radius 2 is 1.97 bits per heavy atom. The van der Waals surface area contributed by atoms with Crippen LogP contribution < -0.4 is 5.32 Å². The van der Waals surface area contributed by atoms with Crippen molar-refractivity contribution in [2.75, 3.05) is 6.54 Å². The number of aromatic nitrogens is 1. The van der Waals surface area contributed by atoms with Crippen LogP contribution >= 0.6 is 0 Å². The molecule has 1 aromatic carbocycles. The highest BCUT2D eigenvalue weighted by atomic mass is 16.2. The molecule has 1 atom stereocenters. The van der Waals surface area contributed by atoms with Crippen LogP contribution in [0.1, 0.15) is 79.3 Å². The first-order valence-corrected chi connectivity index (χ1v) is 11.2. The van der Waals surface area contributed by atoms with Gasteiger partial charge in [-0.1, -0.05) is 56.9 Å². The maximum atomic E-state index is 13.7. The summed E-state index contributed by atoms with van der Waals surface area (Å²) in [5.41, 5.74) is 2.14. The van der Waals surface area contributed by atoms with Crippen LogP contribution in [0.5, 0.6) is 0 Å². The molecule has 30 heavy (non-hydrogen) atoms. The van der Waals surface area contributed by atoms with E-state index in [1.165, 1.54) is 6.42 Å². The second-order valence-corrected chi connectivity index (χ2v) is 8.57. The number of hydrogen-bond acceptors (Lipinski definition) is 3. The van der Waals surface area contributed by atoms with Gasteiger partial charge in [0.25, 0.3) is 5.91 Å². The van der Waals surface area contributed by atoms with Crippen molar-refractivity contribution in [2.45, 2.75) is 69.9 Å². The first kappa shape index (κ1) is 20.6. The van der Waals surface area contributed by atoms with Gasteiger partial charge in [0.15, 0.2) is 0 Å². The zero-order chi connectivity index (χ0) is 21.0. The van der Waals surface area contributed by atoms with E-state index in [2.05, 4.69) is 22.1 Å². The van der Waals surface area contributed by atoms with Crippen LogP contribution in [-0.4, -0.2) is 33.8 Å². The van der Waals surface area contributed by atoms with Gasteiger partial charge < -0.3 is 10.2 Å². The number of amides is 2. The third kappa shape index (κ3) is 3.73. The summed E-state index contributed by atoms with van der Waals surface area (Å²) in [5, 5.41) is 3.16. The molecular formula is C25H31N3O2. The van der Waals surface area contributed by atoms with E-state index in [-0.39, 0.29) is 17.7 Å². The highest BCUT2D eigenvalue weighted by molar-refractivity contribution is 6.02. The minimum atomic E-state index is -0.419. The molecule has 5 nitrogen and oxygen atoms in total. The number of nitrogens with one attached hydrogen (secondary N) is 1. The average molecular weight is 406 g/mol. The van der Waals surface area contributed by atoms with E-state index in [9.17, 15) is 9.59 Å². The number of nitrogens with zero attached hydrogens (tertiary/aromatic N) is 2. The van der Waals surface area contributed by atoms with Gasteiger partial charge in [0.1, 0.15) is 0 Å². The molecule has 2 aliphatic rings. The molecule has 1 aromatic heterocycles. The zero-order valence-electron chi connectivity index (χ0n) is 17.8. The monoisotopic (exact) mass is 405 g/mol. The fourth-order valence-electron chi connectivity index (χ4n) is 5.28. The Balaban J connectivity index is 1.72. The van der Waals surface area contributed by atoms with Gasteiger partial charge in [-0.05, 0) is 42.5 Å². The van der Waals surface area contributed by atoms with Crippen molar-refractivity contribution in [3.05, 3.63) is 65.5 Å². The van der Waals surface area contributed by atoms with Crippen LogP contribution in [0.3, 0.4) is 0 Å². The quantitative estimate of drug-likeness (QED) is 0.773. The van der Waals surface area contributed by atoms with E-state index in [0.29, 0.717) is 12.1 Å². The van der Waals surface area contributed by atoms with Crippen molar-refractivity contribution in [1.29, 1.82) is 0 Å². The Hall–Kier alpha value is -2.69. The van der Waals surface area contributed by atoms with Crippen LogP contribution in [-0.2, 0) is 11.3 Å². The Morgan fingerprint density at radius 1 is 1.17 bits per heavy atom. The number of rotatable bonds is 6. The van der Waals surface area contributed by atoms with E-state index in [1.54, 1.807) is 12.4 Å². The van der Waals surface area contributed by atoms with Gasteiger partial charge in [-0.25, -0.2) is 0 Å². The molecule has 0 bridgehead atoms. The standard InChI is InChI=1S/C25H31N3O2/c1-2-3-16-28-24(30)21-12-6-5-11-20(21)22(25(28)13-7-4-8-14-25)23(29)27-18-19-10-9-15-26-17-19/h5-6,9-12,15,17,22H,2-4,7-8,13-14,16,18H2,1H3,(H,27,29). The van der Waals surface area contributed by atoms with Crippen molar-refractivity contribution in [3.63, 3.8) is 0 Å². The molecule has 1 aliphatic carbocycles. The largest absolute Gasteiger partial charge is 0.351 e. The fraction of sp³-hybridized carbons (Fsp3) is 0.480. The molecule has 0 saturated heterocycles. The lowest BCUT2D eigenvalue weighted by Gasteiger charge is -2.53. The van der Waals surface area contributed by atoms with Gasteiger partial charge >= 0.3 is 0 Å². The third-order valence-electron chi connectivity index (χ3n) is 6.73. The number of carbonyl (C=O) groups excluding carboxylic acids is 2. The predicted octanol–water partition coefficient (Wildman–Crippen LogP) is 4.44. The molecule has 1 unspecified atom stereocenters. The van der Waals surface area contributed by atoms with Crippen LogP contribution in [0.15, 0.2) is 48.8 Å². The molecule has 4 rings (SSSR count). The molecule has 2 aromatic rings. The van der Waals surface area contributed by atoms with Crippen molar-refractivity contribution >= 4 is 11.8 Å². The molecule has 2 heterocycles. The molecule has 1 N–H and O–H groups in total. The van der Waals surface area contributed by atoms with Gasteiger partial charge in [-0.2, -0.15) is 0 Å². The summed E-state index contributed by atoms with van der Waals surface area (Å²) in [7, 11) is 0. The molecule has 1 saturated carbocycles. The number of unbranched alkanes of at least 4 members (excludes halogenated alkanes) is 1. The van der Waals surface area contributed by atoms with Crippen LogP contribution in [0.4, 0.5) is 0 Å². The number of benzene rings is 1. The summed E-state index contributed by atoms with van der Waals surface area (Å²) in [6, 6.07) is 11.6. The van der Waals surface area contributed by atoms with E-state index in [4.69, 9.17) is 0 Å². The van der Waals surface area contributed by atoms with Gasteiger partial charge in [0.05, 0.1) is 11.5 Å². The van der Waals surface area contributed by atoms with E-state index < -0.39 is 5.54 Å². The highest BCUT2D eigenvalue weighted by Crippen LogP contribution is 2.49. The van der Waals surface area contributed by atoms with Gasteiger partial charge in [-0.15, -0.1) is 0 Å². The molecule has 0 radical (unpaired) electrons. The van der Waals surface area contributed by atoms with E-state index in [0.717, 1.165) is 56.2 Å². The first-order valence-electron chi connectivity index (χ1n) is 11.2. The minimum Gasteiger partial charge on any atom is -0.351 e. The Kier molecular flexibility index (Phi) is 6.16. The highest BCUT2D eigenvalue weighted by Gasteiger charge is 2.54. The molecule has 2 amide bonds. The predicted molar refractivity (Wildman–Crippen MR) is 117 cm³/mol. The van der Waals surface area contributed by atoms with Gasteiger partial charge in [-0.3, -0.25) is 14.6 Å². The molecule has 5 heteroatoms. The Bertz CT molecular complexity index is 890. The number of carbonyl (C=O) groups is 2. The van der Waals surface area contributed by atoms with Crippen molar-refractivity contribution in [1.82, 2.24) is 15.2 Å². The molecular weight excluding hydrogens is 374 g/mol. The molecule has 1 spiro atoms. The SMILES string of the molecule is CCCCN1C(=O)c2ccccc2C(C(=O)NCc2cccnc2)C12CCCCC2. The van der Waals surface area contributed by atoms with E-state index in [1.807, 2.05) is 36.4 Å². The maximum absolute atomic E-state index is 13.7. The first-order chi connectivity index (χ1) is 14.7. The summed E-state index contributed by atoms with van der Waals surface area (Å²) < 4.78 is 0. The number of hydrogen-bond donors (Lipinski definition) is 1. The van der Waals surface area contributed by atoms with Crippen molar-refractivity contribution in [3.8, 4) is 0 Å². The Labute approximate surface area is 178 Å². The lowest BCUT2D eigenvalue weighted by atomic mass is 9.65. The summed E-state index contributed by atoms with van der Waals surface area (Å²) in [4.78, 5) is 33.4. The normalized spacial score (nSPS) is 20.1. The van der Waals surface area contributed by atoms with Crippen LogP contribution in [0.2, 0.25) is 0 Å². The topological polar surface area (TPSA) is 62.3 Å². The smallest absolute Gasteiger partial charge is 0.254 e. The summed E-state index contributed by atoms with van der Waals surface area (Å²) >= 11 is 0. The second-order valence-electron chi connectivity index (χ2n) is 8.57. The Morgan fingerprint density at radius 3 is 2.70 bits per heavy atom. The minimum absolute atomic E-state index is 0.0159. The molecule has 1 fully saturated rings. The molecule has 158 valence electrons. The number of fused-ring (bicyclic) bond motifs is 1. The summed E-state index contributed by atoms with van der Waals surface area (Å²) in [6.07, 6.45) is 10.6. The van der Waals surface area contributed by atoms with Crippen LogP contribution in [0, 0.1) is 0 Å². The van der Waals surface area contributed by atoms with Gasteiger partial charge in [0.2, 0.25) is 5.91 Å². The summed E-state index contributed by atoms with van der Waals surface area (Å²) in [5.74, 6) is -0.223. The zero-order valence-corrected chi connectivity index (χ0v) is 17.8. The fourth-order valence-corrected chi connectivity index (χ4v) is 5.28. The molecule has 1 aliphatic heterocycles. The van der Waals surface area contributed by atoms with Gasteiger partial charge in [0, 0.05) is 31.0 Å². The number of pyridine rings is 1. The lowest BCUT2D eigenvalue weighted by molar-refractivity contribution is -0.127. The van der Waals surface area contributed by atoms with Crippen LogP contribution in [0.25, 0.3) is 0 Å². The maximum Gasteiger partial charge on any atom is 0.254 e. The van der Waals surface area contributed by atoms with E-state index >= 15 is 0 Å². The third-order valence-corrected chi connectivity index (χ3v) is 6.73. The lowest BCUT2D eigenvalue weighted by Crippen LogP contribution is -2.62. The van der Waals surface area contributed by atoms with Crippen molar-refractivity contribution in [2.24, 2.45) is 0 Å². The summed E-state index contributed by atoms with van der Waals surface area (Å²) in [6.45, 7) is 3.31. The van der Waals surface area contributed by atoms with Crippen molar-refractivity contribution < 1.29 is 9.59 Å². The average Bonchev–Trinajstić information content (AvgIpc) is 2.79.